The molecule has 4 aromatic rings. The minimum absolute atomic E-state index is 0.109. The van der Waals surface area contributed by atoms with Crippen molar-refractivity contribution < 1.29 is 5.11 Å². The van der Waals surface area contributed by atoms with Gasteiger partial charge in [-0.2, -0.15) is 0 Å². The Hall–Kier alpha value is -2.34. The molecule has 0 atom stereocenters. The summed E-state index contributed by atoms with van der Waals surface area (Å²) in [5, 5.41) is 18.3. The van der Waals surface area contributed by atoms with Crippen LogP contribution in [0.2, 0.25) is 5.02 Å². The predicted octanol–water partition coefficient (Wildman–Crippen LogP) is 5.31. The van der Waals surface area contributed by atoms with Crippen LogP contribution in [0.1, 0.15) is 18.9 Å². The summed E-state index contributed by atoms with van der Waals surface area (Å²) in [7, 11) is 0. The SMILES string of the molecule is CCCNCCc1ccc(-c2c(O)ccc3[nH]c(=O)c4sccc4c23)cc1Cl. The molecule has 144 valence electrons. The summed E-state index contributed by atoms with van der Waals surface area (Å²) in [6, 6.07) is 11.2. The fourth-order valence-corrected chi connectivity index (χ4v) is 4.63. The highest BCUT2D eigenvalue weighted by Crippen LogP contribution is 2.40. The van der Waals surface area contributed by atoms with E-state index >= 15 is 0 Å². The topological polar surface area (TPSA) is 65.1 Å². The standard InChI is InChI=1S/C22H21ClN2O2S/c1-2-9-24-10-7-13-3-4-14(12-16(13)23)19-18(26)6-5-17-20(19)15-8-11-28-21(15)22(27)25-17/h3-6,8,11-12,24,26H,2,7,9-10H2,1H3,(H,25,27). The van der Waals surface area contributed by atoms with E-state index in [1.54, 1.807) is 12.1 Å². The van der Waals surface area contributed by atoms with E-state index in [9.17, 15) is 9.90 Å². The Labute approximate surface area is 171 Å². The van der Waals surface area contributed by atoms with Crippen molar-refractivity contribution in [2.45, 2.75) is 19.8 Å². The molecule has 2 aromatic heterocycles. The second kappa shape index (κ2) is 7.95. The summed E-state index contributed by atoms with van der Waals surface area (Å²) < 4.78 is 0.657. The van der Waals surface area contributed by atoms with E-state index < -0.39 is 0 Å². The summed E-state index contributed by atoms with van der Waals surface area (Å²) in [5.74, 6) is 0.167. The number of fused-ring (bicyclic) bond motifs is 3. The summed E-state index contributed by atoms with van der Waals surface area (Å²) in [5.41, 5.74) is 3.19. The van der Waals surface area contributed by atoms with Crippen molar-refractivity contribution in [3.8, 4) is 16.9 Å². The molecule has 6 heteroatoms. The van der Waals surface area contributed by atoms with Crippen molar-refractivity contribution in [1.29, 1.82) is 0 Å². The van der Waals surface area contributed by atoms with Crippen molar-refractivity contribution in [1.82, 2.24) is 10.3 Å². The number of hydrogen-bond donors (Lipinski definition) is 3. The molecule has 2 aromatic carbocycles. The molecule has 0 saturated heterocycles. The number of phenols is 1. The summed E-state index contributed by atoms with van der Waals surface area (Å²) >= 11 is 7.95. The quantitative estimate of drug-likeness (QED) is 0.376. The molecular formula is C22H21ClN2O2S. The van der Waals surface area contributed by atoms with Gasteiger partial charge in [0, 0.05) is 26.9 Å². The van der Waals surface area contributed by atoms with Crippen LogP contribution in [-0.2, 0) is 6.42 Å². The molecule has 2 heterocycles. The molecule has 0 aliphatic carbocycles. The van der Waals surface area contributed by atoms with Crippen molar-refractivity contribution >= 4 is 43.9 Å². The molecule has 0 amide bonds. The van der Waals surface area contributed by atoms with Crippen LogP contribution in [-0.4, -0.2) is 23.2 Å². The smallest absolute Gasteiger partial charge is 0.266 e. The van der Waals surface area contributed by atoms with Crippen molar-refractivity contribution in [2.24, 2.45) is 0 Å². The van der Waals surface area contributed by atoms with Crippen LogP contribution in [0.5, 0.6) is 5.75 Å². The van der Waals surface area contributed by atoms with Gasteiger partial charge in [0.15, 0.2) is 0 Å². The Bertz CT molecular complexity index is 1210. The lowest BCUT2D eigenvalue weighted by molar-refractivity contribution is 0.478. The fourth-order valence-electron chi connectivity index (χ4n) is 3.56. The molecule has 0 bridgehead atoms. The van der Waals surface area contributed by atoms with E-state index in [2.05, 4.69) is 17.2 Å². The van der Waals surface area contributed by atoms with Gasteiger partial charge in [-0.1, -0.05) is 30.7 Å². The highest BCUT2D eigenvalue weighted by molar-refractivity contribution is 7.17. The lowest BCUT2D eigenvalue weighted by atomic mass is 9.96. The Balaban J connectivity index is 1.83. The van der Waals surface area contributed by atoms with Gasteiger partial charge < -0.3 is 15.4 Å². The first-order chi connectivity index (χ1) is 13.6. The Kier molecular flexibility index (Phi) is 5.40. The highest BCUT2D eigenvalue weighted by atomic mass is 35.5. The van der Waals surface area contributed by atoms with Crippen LogP contribution in [0.3, 0.4) is 0 Å². The zero-order valence-electron chi connectivity index (χ0n) is 15.5. The maximum atomic E-state index is 12.3. The number of thiophene rings is 1. The van der Waals surface area contributed by atoms with Crippen LogP contribution in [0.15, 0.2) is 46.6 Å². The zero-order chi connectivity index (χ0) is 19.7. The molecule has 0 radical (unpaired) electrons. The first-order valence-corrected chi connectivity index (χ1v) is 10.6. The van der Waals surface area contributed by atoms with Gasteiger partial charge >= 0.3 is 0 Å². The number of rotatable bonds is 6. The maximum Gasteiger partial charge on any atom is 0.266 e. The number of nitrogens with one attached hydrogen (secondary N) is 2. The third kappa shape index (κ3) is 3.41. The summed E-state index contributed by atoms with van der Waals surface area (Å²) in [6.07, 6.45) is 1.95. The minimum atomic E-state index is -0.109. The highest BCUT2D eigenvalue weighted by Gasteiger charge is 2.16. The lowest BCUT2D eigenvalue weighted by Crippen LogP contribution is -2.17. The third-order valence-electron chi connectivity index (χ3n) is 4.91. The van der Waals surface area contributed by atoms with Gasteiger partial charge in [-0.25, -0.2) is 0 Å². The molecule has 0 aliphatic heterocycles. The number of aromatic amines is 1. The lowest BCUT2D eigenvalue weighted by Gasteiger charge is -2.13. The number of halogens is 1. The second-order valence-corrected chi connectivity index (χ2v) is 8.13. The van der Waals surface area contributed by atoms with Gasteiger partial charge in [0.25, 0.3) is 5.56 Å². The van der Waals surface area contributed by atoms with Crippen LogP contribution in [0, 0.1) is 0 Å². The molecule has 0 aliphatic rings. The number of pyridine rings is 1. The maximum absolute atomic E-state index is 12.3. The molecule has 0 spiro atoms. The fraction of sp³-hybridized carbons (Fsp3) is 0.227. The van der Waals surface area contributed by atoms with Crippen molar-refractivity contribution in [3.05, 3.63) is 62.7 Å². The number of aromatic hydroxyl groups is 1. The molecule has 28 heavy (non-hydrogen) atoms. The van der Waals surface area contributed by atoms with E-state index in [1.165, 1.54) is 11.3 Å². The first kappa shape index (κ1) is 19.0. The van der Waals surface area contributed by atoms with Crippen molar-refractivity contribution in [2.75, 3.05) is 13.1 Å². The van der Waals surface area contributed by atoms with E-state index in [-0.39, 0.29) is 11.3 Å². The molecule has 0 saturated carbocycles. The zero-order valence-corrected chi connectivity index (χ0v) is 17.1. The van der Waals surface area contributed by atoms with Gasteiger partial charge in [-0.05, 0) is 66.7 Å². The van der Waals surface area contributed by atoms with E-state index in [4.69, 9.17) is 11.6 Å². The molecule has 4 rings (SSSR count). The van der Waals surface area contributed by atoms with Crippen LogP contribution in [0.25, 0.3) is 32.1 Å². The largest absolute Gasteiger partial charge is 0.507 e. The van der Waals surface area contributed by atoms with Crippen LogP contribution in [0.4, 0.5) is 0 Å². The molecular weight excluding hydrogens is 392 g/mol. The molecule has 0 fully saturated rings. The Morgan fingerprint density at radius 3 is 2.82 bits per heavy atom. The predicted molar refractivity (Wildman–Crippen MR) is 119 cm³/mol. The van der Waals surface area contributed by atoms with Gasteiger partial charge in [0.2, 0.25) is 0 Å². The average molecular weight is 413 g/mol. The molecule has 3 N–H and O–H groups in total. The monoisotopic (exact) mass is 412 g/mol. The number of benzene rings is 2. The van der Waals surface area contributed by atoms with Gasteiger partial charge in [-0.15, -0.1) is 11.3 Å². The summed E-state index contributed by atoms with van der Waals surface area (Å²) in [4.78, 5) is 15.2. The third-order valence-corrected chi connectivity index (χ3v) is 6.18. The van der Waals surface area contributed by atoms with Gasteiger partial charge in [0.1, 0.15) is 10.4 Å². The Morgan fingerprint density at radius 2 is 2.04 bits per heavy atom. The van der Waals surface area contributed by atoms with Crippen LogP contribution < -0.4 is 10.9 Å². The number of hydrogen-bond acceptors (Lipinski definition) is 4. The molecule has 0 unspecified atom stereocenters. The van der Waals surface area contributed by atoms with E-state index in [0.29, 0.717) is 20.8 Å². The Morgan fingerprint density at radius 1 is 1.18 bits per heavy atom. The molecule has 4 nitrogen and oxygen atoms in total. The van der Waals surface area contributed by atoms with Gasteiger partial charge in [0.05, 0.1) is 0 Å². The number of aromatic nitrogens is 1. The van der Waals surface area contributed by atoms with Crippen LogP contribution >= 0.6 is 22.9 Å². The summed E-state index contributed by atoms with van der Waals surface area (Å²) in [6.45, 7) is 4.01. The number of H-pyrrole nitrogens is 1. The average Bonchev–Trinajstić information content (AvgIpc) is 3.17. The second-order valence-electron chi connectivity index (χ2n) is 6.81. The first-order valence-electron chi connectivity index (χ1n) is 9.35. The van der Waals surface area contributed by atoms with E-state index in [1.807, 2.05) is 29.6 Å². The normalized spacial score (nSPS) is 11.5. The van der Waals surface area contributed by atoms with E-state index in [0.717, 1.165) is 47.8 Å². The minimum Gasteiger partial charge on any atom is -0.507 e. The number of phenolic OH excluding ortho intramolecular Hbond substituents is 1. The van der Waals surface area contributed by atoms with Crippen molar-refractivity contribution in [3.63, 3.8) is 0 Å². The van der Waals surface area contributed by atoms with Gasteiger partial charge in [-0.3, -0.25) is 4.79 Å².